The van der Waals surface area contributed by atoms with E-state index >= 15 is 0 Å². The van der Waals surface area contributed by atoms with Gasteiger partial charge in [0.15, 0.2) is 0 Å². The smallest absolute Gasteiger partial charge is 0.308 e. The Bertz CT molecular complexity index is 786. The molecule has 0 saturated heterocycles. The van der Waals surface area contributed by atoms with Crippen molar-refractivity contribution in [3.05, 3.63) is 59.7 Å². The van der Waals surface area contributed by atoms with Crippen molar-refractivity contribution in [3.63, 3.8) is 0 Å². The maximum absolute atomic E-state index is 12.6. The first kappa shape index (κ1) is 20.5. The number of para-hydroxylation sites is 1. The normalized spacial score (nSPS) is 11.8. The molecule has 0 fully saturated rings. The van der Waals surface area contributed by atoms with Gasteiger partial charge in [-0.05, 0) is 24.3 Å². The number of quaternary nitrogens is 1. The average molecular weight is 370 g/mol. The molecule has 2 aromatic carbocycles. The molecule has 0 aliphatic rings. The molecule has 1 amide bonds. The molecule has 0 spiro atoms. The molecule has 0 aliphatic carbocycles. The molecule has 0 unspecified atom stereocenters. The van der Waals surface area contributed by atoms with Crippen molar-refractivity contribution < 1.29 is 19.2 Å². The Morgan fingerprint density at radius 1 is 1.07 bits per heavy atom. The van der Waals surface area contributed by atoms with Gasteiger partial charge in [-0.25, -0.2) is 0 Å². The van der Waals surface area contributed by atoms with E-state index in [1.807, 2.05) is 14.1 Å². The lowest BCUT2D eigenvalue weighted by Gasteiger charge is -2.23. The quantitative estimate of drug-likeness (QED) is 0.570. The molecule has 0 radical (unpaired) electrons. The van der Waals surface area contributed by atoms with Gasteiger partial charge in [-0.2, -0.15) is 0 Å². The third kappa shape index (κ3) is 5.56. The molecule has 1 atom stereocenters. The third-order valence-electron chi connectivity index (χ3n) is 4.36. The highest BCUT2D eigenvalue weighted by Gasteiger charge is 2.21. The lowest BCUT2D eigenvalue weighted by atomic mass is 10.0. The van der Waals surface area contributed by atoms with Gasteiger partial charge in [0.05, 0.1) is 26.2 Å². The molecule has 6 heteroatoms. The molecule has 2 aromatic rings. The molecule has 0 heterocycles. The van der Waals surface area contributed by atoms with Crippen LogP contribution in [0.3, 0.4) is 0 Å². The van der Waals surface area contributed by atoms with Gasteiger partial charge in [-0.15, -0.1) is 0 Å². The van der Waals surface area contributed by atoms with E-state index in [9.17, 15) is 9.59 Å². The summed E-state index contributed by atoms with van der Waals surface area (Å²) in [5, 5.41) is 2.97. The van der Waals surface area contributed by atoms with Crippen LogP contribution in [-0.2, 0) is 4.79 Å². The number of benzene rings is 2. The molecule has 2 N–H and O–H groups in total. The Kier molecular flexibility index (Phi) is 6.96. The van der Waals surface area contributed by atoms with Crippen LogP contribution in [0.4, 0.5) is 5.69 Å². The van der Waals surface area contributed by atoms with E-state index in [4.69, 9.17) is 4.74 Å². The molecule has 27 heavy (non-hydrogen) atoms. The number of nitrogens with one attached hydrogen (secondary N) is 2. The summed E-state index contributed by atoms with van der Waals surface area (Å²) in [6.07, 6.45) is 0. The zero-order valence-corrected chi connectivity index (χ0v) is 16.6. The molecule has 144 valence electrons. The first-order valence-electron chi connectivity index (χ1n) is 8.92. The predicted octanol–water partition coefficient (Wildman–Crippen LogP) is 1.29. The second-order valence-corrected chi connectivity index (χ2v) is 6.92. The number of hydrogen-bond donors (Lipinski definition) is 2. The lowest BCUT2D eigenvalue weighted by Crippen LogP contribution is -3.07. The summed E-state index contributed by atoms with van der Waals surface area (Å²) in [5.74, 6) is -0.443. The van der Waals surface area contributed by atoms with Crippen LogP contribution < -0.4 is 19.9 Å². The van der Waals surface area contributed by atoms with Crippen LogP contribution in [-0.4, -0.2) is 46.6 Å². The minimum atomic E-state index is -0.452. The number of hydrogen-bond acceptors (Lipinski definition) is 4. The lowest BCUT2D eigenvalue weighted by molar-refractivity contribution is -0.890. The minimum absolute atomic E-state index is 0.103. The fourth-order valence-electron chi connectivity index (χ4n) is 2.85. The van der Waals surface area contributed by atoms with Crippen LogP contribution in [0.5, 0.6) is 5.75 Å². The van der Waals surface area contributed by atoms with Gasteiger partial charge in [-0.1, -0.05) is 24.3 Å². The highest BCUT2D eigenvalue weighted by Crippen LogP contribution is 2.19. The monoisotopic (exact) mass is 370 g/mol. The number of nitrogens with zero attached hydrogens (tertiary/aromatic N) is 1. The zero-order chi connectivity index (χ0) is 20.0. The van der Waals surface area contributed by atoms with Gasteiger partial charge >= 0.3 is 5.97 Å². The van der Waals surface area contributed by atoms with Gasteiger partial charge in [0.2, 0.25) is 0 Å². The Hall–Kier alpha value is -2.86. The standard InChI is InChI=1S/C21H27N3O3/c1-15(25)27-20-9-7-6-8-18(20)21(26)22-14-19(24(4)5)16-10-12-17(13-11-16)23(2)3/h6-13,19H,14H2,1-5H3,(H,22,26)/p+1/t19-/m1/s1. The maximum Gasteiger partial charge on any atom is 0.308 e. The van der Waals surface area contributed by atoms with Crippen molar-refractivity contribution in [2.45, 2.75) is 13.0 Å². The number of ether oxygens (including phenoxy) is 1. The summed E-state index contributed by atoms with van der Waals surface area (Å²) in [6.45, 7) is 1.79. The Labute approximate surface area is 160 Å². The van der Waals surface area contributed by atoms with Crippen LogP contribution in [0, 0.1) is 0 Å². The number of carbonyl (C=O) groups is 2. The van der Waals surface area contributed by atoms with Crippen molar-refractivity contribution in [3.8, 4) is 5.75 Å². The SMILES string of the molecule is CC(=O)Oc1ccccc1C(=O)NC[C@H](c1ccc(N(C)C)cc1)[NH+](C)C. The van der Waals surface area contributed by atoms with E-state index < -0.39 is 5.97 Å². The minimum Gasteiger partial charge on any atom is -0.426 e. The Morgan fingerprint density at radius 2 is 1.70 bits per heavy atom. The van der Waals surface area contributed by atoms with Gasteiger partial charge in [0.25, 0.3) is 5.91 Å². The number of rotatable bonds is 7. The molecule has 0 aliphatic heterocycles. The summed E-state index contributed by atoms with van der Waals surface area (Å²) in [6, 6.07) is 15.2. The van der Waals surface area contributed by atoms with E-state index in [2.05, 4.69) is 48.6 Å². The van der Waals surface area contributed by atoms with E-state index in [1.165, 1.54) is 11.8 Å². The van der Waals surface area contributed by atoms with Crippen molar-refractivity contribution >= 4 is 17.6 Å². The fraction of sp³-hybridized carbons (Fsp3) is 0.333. The van der Waals surface area contributed by atoms with E-state index in [0.717, 1.165) is 11.3 Å². The fourth-order valence-corrected chi connectivity index (χ4v) is 2.85. The van der Waals surface area contributed by atoms with E-state index in [0.29, 0.717) is 12.1 Å². The number of likely N-dealkylation sites (N-methyl/N-ethyl adjacent to an activating group) is 1. The second kappa shape index (κ2) is 9.19. The van der Waals surface area contributed by atoms with Crippen LogP contribution in [0.1, 0.15) is 28.9 Å². The number of carbonyl (C=O) groups excluding carboxylic acids is 2. The summed E-state index contributed by atoms with van der Waals surface area (Å²) < 4.78 is 5.13. The third-order valence-corrected chi connectivity index (χ3v) is 4.36. The number of esters is 1. The Morgan fingerprint density at radius 3 is 2.26 bits per heavy atom. The highest BCUT2D eigenvalue weighted by molar-refractivity contribution is 5.97. The molecule has 6 nitrogen and oxygen atoms in total. The van der Waals surface area contributed by atoms with Gasteiger partial charge < -0.3 is 19.9 Å². The highest BCUT2D eigenvalue weighted by atomic mass is 16.5. The van der Waals surface area contributed by atoms with E-state index in [1.54, 1.807) is 24.3 Å². The summed E-state index contributed by atoms with van der Waals surface area (Å²) >= 11 is 0. The molecule has 2 rings (SSSR count). The molecular weight excluding hydrogens is 342 g/mol. The van der Waals surface area contributed by atoms with Gasteiger partial charge in [0.1, 0.15) is 11.8 Å². The zero-order valence-electron chi connectivity index (χ0n) is 16.6. The average Bonchev–Trinajstić information content (AvgIpc) is 2.61. The predicted molar refractivity (Wildman–Crippen MR) is 106 cm³/mol. The van der Waals surface area contributed by atoms with Gasteiger partial charge in [0, 0.05) is 32.3 Å². The molecule has 0 bridgehead atoms. The topological polar surface area (TPSA) is 63.1 Å². The summed E-state index contributed by atoms with van der Waals surface area (Å²) in [7, 11) is 8.13. The van der Waals surface area contributed by atoms with Crippen LogP contribution in [0.15, 0.2) is 48.5 Å². The van der Waals surface area contributed by atoms with Crippen LogP contribution in [0.25, 0.3) is 0 Å². The number of amides is 1. The number of anilines is 1. The first-order chi connectivity index (χ1) is 12.8. The molecular formula is C21H28N3O3+. The van der Waals surface area contributed by atoms with Crippen LogP contribution >= 0.6 is 0 Å². The van der Waals surface area contributed by atoms with Gasteiger partial charge in [-0.3, -0.25) is 9.59 Å². The first-order valence-corrected chi connectivity index (χ1v) is 8.92. The van der Waals surface area contributed by atoms with E-state index in [-0.39, 0.29) is 17.7 Å². The summed E-state index contributed by atoms with van der Waals surface area (Å²) in [5.41, 5.74) is 2.63. The molecule has 0 aromatic heterocycles. The second-order valence-electron chi connectivity index (χ2n) is 6.92. The van der Waals surface area contributed by atoms with Crippen molar-refractivity contribution in [1.82, 2.24) is 5.32 Å². The van der Waals surface area contributed by atoms with Crippen molar-refractivity contribution in [2.75, 3.05) is 39.6 Å². The summed E-state index contributed by atoms with van der Waals surface area (Å²) in [4.78, 5) is 27.1. The van der Waals surface area contributed by atoms with Crippen molar-refractivity contribution in [2.24, 2.45) is 0 Å². The molecule has 0 saturated carbocycles. The van der Waals surface area contributed by atoms with Crippen LogP contribution in [0.2, 0.25) is 0 Å². The van der Waals surface area contributed by atoms with Crippen molar-refractivity contribution in [1.29, 1.82) is 0 Å². The Balaban J connectivity index is 2.12. The largest absolute Gasteiger partial charge is 0.426 e. The maximum atomic E-state index is 12.6.